The molecular formula is C15H24N2OS. The average Bonchev–Trinajstić information content (AvgIpc) is 2.46. The van der Waals surface area contributed by atoms with E-state index >= 15 is 0 Å². The molecule has 3 N–H and O–H groups in total. The van der Waals surface area contributed by atoms with E-state index in [1.54, 1.807) is 0 Å². The van der Waals surface area contributed by atoms with E-state index in [1.807, 2.05) is 11.8 Å². The molecule has 2 unspecified atom stereocenters. The van der Waals surface area contributed by atoms with Gasteiger partial charge in [0.25, 0.3) is 0 Å². The summed E-state index contributed by atoms with van der Waals surface area (Å²) in [6.45, 7) is 5.26. The van der Waals surface area contributed by atoms with E-state index in [2.05, 4.69) is 43.5 Å². The van der Waals surface area contributed by atoms with Gasteiger partial charge in [-0.1, -0.05) is 38.1 Å². The number of thioether (sulfide) groups is 1. The van der Waals surface area contributed by atoms with Crippen molar-refractivity contribution in [1.29, 1.82) is 0 Å². The molecule has 0 amide bonds. The third-order valence-corrected chi connectivity index (χ3v) is 4.63. The minimum absolute atomic E-state index is 0.192. The van der Waals surface area contributed by atoms with Crippen LogP contribution in [-0.2, 0) is 11.2 Å². The van der Waals surface area contributed by atoms with E-state index < -0.39 is 0 Å². The summed E-state index contributed by atoms with van der Waals surface area (Å²) < 4.78 is 5.80. The molecule has 0 radical (unpaired) electrons. The van der Waals surface area contributed by atoms with Gasteiger partial charge < -0.3 is 4.74 Å². The monoisotopic (exact) mass is 280 g/mol. The fourth-order valence-electron chi connectivity index (χ4n) is 2.33. The minimum atomic E-state index is 0.192. The van der Waals surface area contributed by atoms with Gasteiger partial charge in [0.05, 0.1) is 18.8 Å². The smallest absolute Gasteiger partial charge is 0.0835 e. The third-order valence-electron chi connectivity index (χ3n) is 3.61. The van der Waals surface area contributed by atoms with Crippen LogP contribution < -0.4 is 11.3 Å². The predicted molar refractivity (Wildman–Crippen MR) is 82.4 cm³/mol. The van der Waals surface area contributed by atoms with Gasteiger partial charge in [-0.05, 0) is 23.5 Å². The van der Waals surface area contributed by atoms with Crippen LogP contribution in [0, 0.1) is 0 Å². The Bertz CT molecular complexity index is 374. The Labute approximate surface area is 120 Å². The van der Waals surface area contributed by atoms with Crippen LogP contribution in [0.15, 0.2) is 24.3 Å². The summed E-state index contributed by atoms with van der Waals surface area (Å²) in [5, 5.41) is 0. The molecule has 0 aliphatic carbocycles. The van der Waals surface area contributed by atoms with Crippen molar-refractivity contribution in [1.82, 2.24) is 5.43 Å². The number of hydrazine groups is 1. The number of nitrogens with one attached hydrogen (secondary N) is 1. The topological polar surface area (TPSA) is 47.3 Å². The SMILES string of the molecule is CC(C)c1ccc(CC(NN)C2CSCCO2)cc1. The first-order valence-corrected chi connectivity index (χ1v) is 8.10. The first kappa shape index (κ1) is 14.9. The molecule has 1 aliphatic rings. The summed E-state index contributed by atoms with van der Waals surface area (Å²) in [6, 6.07) is 9.03. The predicted octanol–water partition coefficient (Wildman–Crippen LogP) is 2.32. The van der Waals surface area contributed by atoms with Crippen LogP contribution >= 0.6 is 11.8 Å². The van der Waals surface area contributed by atoms with Crippen molar-refractivity contribution in [3.63, 3.8) is 0 Å². The Kier molecular flexibility index (Phi) is 5.70. The highest BCUT2D eigenvalue weighted by molar-refractivity contribution is 7.99. The van der Waals surface area contributed by atoms with Crippen molar-refractivity contribution in [2.45, 2.75) is 38.3 Å². The fraction of sp³-hybridized carbons (Fsp3) is 0.600. The Hall–Kier alpha value is -0.550. The molecule has 1 heterocycles. The molecule has 1 aliphatic heterocycles. The summed E-state index contributed by atoms with van der Waals surface area (Å²) in [6.07, 6.45) is 1.13. The van der Waals surface area contributed by atoms with Crippen molar-refractivity contribution in [2.24, 2.45) is 5.84 Å². The van der Waals surface area contributed by atoms with E-state index in [4.69, 9.17) is 10.6 Å². The Morgan fingerprint density at radius 2 is 2.11 bits per heavy atom. The molecule has 0 aromatic heterocycles. The first-order chi connectivity index (χ1) is 9.20. The molecule has 2 rings (SSSR count). The summed E-state index contributed by atoms with van der Waals surface area (Å²) in [5.41, 5.74) is 5.61. The molecule has 0 bridgehead atoms. The number of benzene rings is 1. The molecule has 1 aromatic rings. The Balaban J connectivity index is 1.97. The lowest BCUT2D eigenvalue weighted by Gasteiger charge is -2.29. The first-order valence-electron chi connectivity index (χ1n) is 6.95. The fourth-order valence-corrected chi connectivity index (χ4v) is 3.27. The standard InChI is InChI=1S/C15H24N2OS/c1-11(2)13-5-3-12(4-6-13)9-14(17-16)15-10-19-8-7-18-15/h3-6,11,14-15,17H,7-10,16H2,1-2H3. The normalized spacial score (nSPS) is 21.6. The average molecular weight is 280 g/mol. The summed E-state index contributed by atoms with van der Waals surface area (Å²) >= 11 is 1.94. The van der Waals surface area contributed by atoms with Crippen molar-refractivity contribution in [3.05, 3.63) is 35.4 Å². The molecule has 0 saturated carbocycles. The van der Waals surface area contributed by atoms with Gasteiger partial charge in [0.15, 0.2) is 0 Å². The van der Waals surface area contributed by atoms with Crippen molar-refractivity contribution in [2.75, 3.05) is 18.1 Å². The number of ether oxygens (including phenoxy) is 1. The molecule has 106 valence electrons. The van der Waals surface area contributed by atoms with Gasteiger partial charge in [0.2, 0.25) is 0 Å². The summed E-state index contributed by atoms with van der Waals surface area (Å²) in [7, 11) is 0. The molecule has 1 saturated heterocycles. The highest BCUT2D eigenvalue weighted by Crippen LogP contribution is 2.19. The zero-order valence-corrected chi connectivity index (χ0v) is 12.6. The van der Waals surface area contributed by atoms with E-state index in [0.29, 0.717) is 5.92 Å². The van der Waals surface area contributed by atoms with Gasteiger partial charge in [0, 0.05) is 11.5 Å². The largest absolute Gasteiger partial charge is 0.375 e. The summed E-state index contributed by atoms with van der Waals surface area (Å²) in [5.74, 6) is 8.39. The minimum Gasteiger partial charge on any atom is -0.375 e. The maximum atomic E-state index is 5.80. The van der Waals surface area contributed by atoms with Gasteiger partial charge in [0.1, 0.15) is 0 Å². The van der Waals surface area contributed by atoms with Crippen LogP contribution in [-0.4, -0.2) is 30.3 Å². The number of rotatable bonds is 5. The highest BCUT2D eigenvalue weighted by Gasteiger charge is 2.24. The van der Waals surface area contributed by atoms with Crippen LogP contribution in [0.5, 0.6) is 0 Å². The van der Waals surface area contributed by atoms with Crippen LogP contribution in [0.4, 0.5) is 0 Å². The maximum absolute atomic E-state index is 5.80. The lowest BCUT2D eigenvalue weighted by atomic mass is 9.98. The van der Waals surface area contributed by atoms with E-state index in [0.717, 1.165) is 24.5 Å². The van der Waals surface area contributed by atoms with Crippen LogP contribution in [0.2, 0.25) is 0 Å². The second kappa shape index (κ2) is 7.29. The number of nitrogens with two attached hydrogens (primary N) is 1. The van der Waals surface area contributed by atoms with Gasteiger partial charge in [-0.25, -0.2) is 0 Å². The molecule has 1 fully saturated rings. The van der Waals surface area contributed by atoms with Crippen molar-refractivity contribution >= 4 is 11.8 Å². The zero-order chi connectivity index (χ0) is 13.7. The maximum Gasteiger partial charge on any atom is 0.0835 e. The van der Waals surface area contributed by atoms with Crippen molar-refractivity contribution in [3.8, 4) is 0 Å². The van der Waals surface area contributed by atoms with Gasteiger partial charge in [-0.15, -0.1) is 0 Å². The van der Waals surface area contributed by atoms with Gasteiger partial charge >= 0.3 is 0 Å². The lowest BCUT2D eigenvalue weighted by molar-refractivity contribution is 0.0472. The number of hydrogen-bond donors (Lipinski definition) is 2. The highest BCUT2D eigenvalue weighted by atomic mass is 32.2. The lowest BCUT2D eigenvalue weighted by Crippen LogP contribution is -2.49. The van der Waals surface area contributed by atoms with E-state index in [1.165, 1.54) is 11.1 Å². The zero-order valence-electron chi connectivity index (χ0n) is 11.8. The molecule has 1 aromatic carbocycles. The van der Waals surface area contributed by atoms with E-state index in [-0.39, 0.29) is 12.1 Å². The van der Waals surface area contributed by atoms with E-state index in [9.17, 15) is 0 Å². The van der Waals surface area contributed by atoms with Crippen LogP contribution in [0.25, 0.3) is 0 Å². The molecule has 0 spiro atoms. The van der Waals surface area contributed by atoms with Crippen molar-refractivity contribution < 1.29 is 4.74 Å². The van der Waals surface area contributed by atoms with Crippen LogP contribution in [0.1, 0.15) is 30.9 Å². The van der Waals surface area contributed by atoms with Gasteiger partial charge in [-0.3, -0.25) is 11.3 Å². The molecule has 2 atom stereocenters. The molecule has 3 nitrogen and oxygen atoms in total. The third kappa shape index (κ3) is 4.21. The Morgan fingerprint density at radius 3 is 2.63 bits per heavy atom. The number of hydrogen-bond acceptors (Lipinski definition) is 4. The Morgan fingerprint density at radius 1 is 1.37 bits per heavy atom. The molecular weight excluding hydrogens is 256 g/mol. The molecule has 4 heteroatoms. The van der Waals surface area contributed by atoms with Gasteiger partial charge in [-0.2, -0.15) is 11.8 Å². The molecule has 19 heavy (non-hydrogen) atoms. The second-order valence-electron chi connectivity index (χ2n) is 5.36. The van der Waals surface area contributed by atoms with Crippen LogP contribution in [0.3, 0.4) is 0 Å². The second-order valence-corrected chi connectivity index (χ2v) is 6.51. The summed E-state index contributed by atoms with van der Waals surface area (Å²) in [4.78, 5) is 0. The quantitative estimate of drug-likeness (QED) is 0.642.